The molecule has 0 spiro atoms. The third-order valence-corrected chi connectivity index (χ3v) is 2.58. The Morgan fingerprint density at radius 3 is 2.90 bits per heavy atom. The molecular formula is C15H13FN2O2. The highest BCUT2D eigenvalue weighted by atomic mass is 19.1. The molecule has 0 bridgehead atoms. The van der Waals surface area contributed by atoms with Crippen LogP contribution >= 0.6 is 0 Å². The third kappa shape index (κ3) is 3.46. The maximum absolute atomic E-state index is 13.8. The van der Waals surface area contributed by atoms with Gasteiger partial charge in [0.05, 0.1) is 24.6 Å². The third-order valence-electron chi connectivity index (χ3n) is 2.58. The zero-order valence-electron chi connectivity index (χ0n) is 10.7. The Hall–Kier alpha value is -2.58. The van der Waals surface area contributed by atoms with Crippen LogP contribution in [-0.4, -0.2) is 12.5 Å². The van der Waals surface area contributed by atoms with E-state index in [0.717, 1.165) is 5.56 Å². The highest BCUT2D eigenvalue weighted by molar-refractivity contribution is 5.94. The molecule has 3 N–H and O–H groups in total. The van der Waals surface area contributed by atoms with Crippen LogP contribution in [0.1, 0.15) is 21.5 Å². The molecule has 1 heterocycles. The van der Waals surface area contributed by atoms with Gasteiger partial charge in [-0.05, 0) is 24.3 Å². The van der Waals surface area contributed by atoms with Crippen molar-refractivity contribution in [1.82, 2.24) is 5.32 Å². The summed E-state index contributed by atoms with van der Waals surface area (Å²) in [6, 6.07) is 5.93. The van der Waals surface area contributed by atoms with E-state index in [4.69, 9.17) is 10.2 Å². The van der Waals surface area contributed by atoms with Crippen molar-refractivity contribution < 1.29 is 13.6 Å². The number of carbonyl (C=O) groups is 1. The average molecular weight is 272 g/mol. The molecule has 4 nitrogen and oxygen atoms in total. The van der Waals surface area contributed by atoms with E-state index in [1.54, 1.807) is 12.1 Å². The molecule has 0 fully saturated rings. The van der Waals surface area contributed by atoms with Crippen molar-refractivity contribution in [3.8, 4) is 11.8 Å². The van der Waals surface area contributed by atoms with Crippen LogP contribution in [0, 0.1) is 17.7 Å². The van der Waals surface area contributed by atoms with Gasteiger partial charge in [0, 0.05) is 17.7 Å². The minimum absolute atomic E-state index is 0.0215. The van der Waals surface area contributed by atoms with Crippen molar-refractivity contribution in [2.45, 2.75) is 6.54 Å². The van der Waals surface area contributed by atoms with Gasteiger partial charge in [0.15, 0.2) is 0 Å². The molecule has 2 aromatic rings. The molecule has 0 aliphatic carbocycles. The van der Waals surface area contributed by atoms with Gasteiger partial charge in [-0.2, -0.15) is 0 Å². The molecule has 0 saturated heterocycles. The van der Waals surface area contributed by atoms with E-state index in [1.165, 1.54) is 24.7 Å². The number of nitrogens with one attached hydrogen (secondary N) is 1. The Bertz CT molecular complexity index is 654. The molecular weight excluding hydrogens is 259 g/mol. The molecule has 2 rings (SSSR count). The summed E-state index contributed by atoms with van der Waals surface area (Å²) in [6.07, 6.45) is 3.02. The standard InChI is InChI=1S/C15H13FN2O2/c16-14-8-11(2-1-6-17)3-4-13(14)15(19)18-9-12-5-7-20-10-12/h3-5,7-8,10H,6,9,17H2,(H,18,19). The minimum Gasteiger partial charge on any atom is -0.472 e. The second kappa shape index (κ2) is 6.55. The van der Waals surface area contributed by atoms with Crippen LogP contribution in [0.15, 0.2) is 41.2 Å². The van der Waals surface area contributed by atoms with E-state index in [-0.39, 0.29) is 18.7 Å². The Labute approximate surface area is 115 Å². The van der Waals surface area contributed by atoms with E-state index in [9.17, 15) is 9.18 Å². The number of rotatable bonds is 3. The van der Waals surface area contributed by atoms with E-state index in [1.807, 2.05) is 0 Å². The van der Waals surface area contributed by atoms with Gasteiger partial charge in [0.25, 0.3) is 5.91 Å². The first kappa shape index (κ1) is 13.8. The molecule has 0 aliphatic rings. The largest absolute Gasteiger partial charge is 0.472 e. The smallest absolute Gasteiger partial charge is 0.254 e. The van der Waals surface area contributed by atoms with Crippen molar-refractivity contribution in [3.05, 3.63) is 59.3 Å². The molecule has 1 aromatic carbocycles. The summed E-state index contributed by atoms with van der Waals surface area (Å²) in [5.41, 5.74) is 6.51. The topological polar surface area (TPSA) is 68.3 Å². The number of hydrogen-bond acceptors (Lipinski definition) is 3. The Kier molecular flexibility index (Phi) is 4.53. The summed E-state index contributed by atoms with van der Waals surface area (Å²) in [4.78, 5) is 11.8. The summed E-state index contributed by atoms with van der Waals surface area (Å²) in [6.45, 7) is 0.484. The van der Waals surface area contributed by atoms with Crippen molar-refractivity contribution in [3.63, 3.8) is 0 Å². The first-order valence-corrected chi connectivity index (χ1v) is 5.98. The van der Waals surface area contributed by atoms with Crippen molar-refractivity contribution in [1.29, 1.82) is 0 Å². The SMILES string of the molecule is NCC#Cc1ccc(C(=O)NCc2ccoc2)c(F)c1. The number of hydrogen-bond donors (Lipinski definition) is 2. The summed E-state index contributed by atoms with van der Waals surface area (Å²) < 4.78 is 18.7. The quantitative estimate of drug-likeness (QED) is 0.835. The predicted molar refractivity (Wildman–Crippen MR) is 72.2 cm³/mol. The van der Waals surface area contributed by atoms with Crippen LogP contribution in [0.25, 0.3) is 0 Å². The number of benzene rings is 1. The van der Waals surface area contributed by atoms with Crippen molar-refractivity contribution >= 4 is 5.91 Å². The summed E-state index contributed by atoms with van der Waals surface area (Å²) in [5.74, 6) is 4.23. The fourth-order valence-electron chi connectivity index (χ4n) is 1.60. The fourth-order valence-corrected chi connectivity index (χ4v) is 1.60. The molecule has 0 saturated carbocycles. The second-order valence-corrected chi connectivity index (χ2v) is 4.01. The van der Waals surface area contributed by atoms with Crippen LogP contribution in [0.5, 0.6) is 0 Å². The highest BCUT2D eigenvalue weighted by Crippen LogP contribution is 2.10. The molecule has 102 valence electrons. The number of furan rings is 1. The lowest BCUT2D eigenvalue weighted by Gasteiger charge is -2.05. The molecule has 20 heavy (non-hydrogen) atoms. The Morgan fingerprint density at radius 1 is 1.40 bits per heavy atom. The first-order chi connectivity index (χ1) is 9.70. The summed E-state index contributed by atoms with van der Waals surface area (Å²) in [5, 5.41) is 2.61. The van der Waals surface area contributed by atoms with Gasteiger partial charge in [-0.3, -0.25) is 4.79 Å². The maximum atomic E-state index is 13.8. The predicted octanol–water partition coefficient (Wildman–Crippen LogP) is 1.66. The Balaban J connectivity index is 2.06. The maximum Gasteiger partial charge on any atom is 0.254 e. The molecule has 0 radical (unpaired) electrons. The number of amides is 1. The van der Waals surface area contributed by atoms with Gasteiger partial charge < -0.3 is 15.5 Å². The van der Waals surface area contributed by atoms with Gasteiger partial charge in [-0.25, -0.2) is 4.39 Å². The summed E-state index contributed by atoms with van der Waals surface area (Å²) >= 11 is 0. The molecule has 1 amide bonds. The van der Waals surface area contributed by atoms with Crippen LogP contribution in [0.4, 0.5) is 4.39 Å². The Morgan fingerprint density at radius 2 is 2.25 bits per heavy atom. The van der Waals surface area contributed by atoms with E-state index in [0.29, 0.717) is 5.56 Å². The van der Waals surface area contributed by atoms with E-state index < -0.39 is 11.7 Å². The zero-order valence-corrected chi connectivity index (χ0v) is 10.7. The van der Waals surface area contributed by atoms with Gasteiger partial charge >= 0.3 is 0 Å². The first-order valence-electron chi connectivity index (χ1n) is 5.98. The molecule has 5 heteroatoms. The van der Waals surface area contributed by atoms with Crippen molar-refractivity contribution in [2.24, 2.45) is 5.73 Å². The lowest BCUT2D eigenvalue weighted by molar-refractivity contribution is 0.0947. The van der Waals surface area contributed by atoms with Crippen molar-refractivity contribution in [2.75, 3.05) is 6.54 Å². The zero-order chi connectivity index (χ0) is 14.4. The molecule has 0 atom stereocenters. The lowest BCUT2D eigenvalue weighted by atomic mass is 10.1. The minimum atomic E-state index is -0.612. The number of carbonyl (C=O) groups excluding carboxylic acids is 1. The van der Waals surface area contributed by atoms with Crippen LogP contribution in [0.2, 0.25) is 0 Å². The highest BCUT2D eigenvalue weighted by Gasteiger charge is 2.11. The summed E-state index contributed by atoms with van der Waals surface area (Å²) in [7, 11) is 0. The van der Waals surface area contributed by atoms with Crippen LogP contribution in [0.3, 0.4) is 0 Å². The van der Waals surface area contributed by atoms with Gasteiger partial charge in [-0.15, -0.1) is 0 Å². The number of halogens is 1. The van der Waals surface area contributed by atoms with Gasteiger partial charge in [0.1, 0.15) is 5.82 Å². The number of nitrogens with two attached hydrogens (primary N) is 1. The average Bonchev–Trinajstić information content (AvgIpc) is 2.96. The van der Waals surface area contributed by atoms with E-state index in [2.05, 4.69) is 17.2 Å². The lowest BCUT2D eigenvalue weighted by Crippen LogP contribution is -2.23. The monoisotopic (exact) mass is 272 g/mol. The second-order valence-electron chi connectivity index (χ2n) is 4.01. The van der Waals surface area contributed by atoms with Gasteiger partial charge in [0.2, 0.25) is 0 Å². The normalized spacial score (nSPS) is 9.70. The van der Waals surface area contributed by atoms with E-state index >= 15 is 0 Å². The molecule has 1 aromatic heterocycles. The van der Waals surface area contributed by atoms with Crippen LogP contribution in [-0.2, 0) is 6.54 Å². The van der Waals surface area contributed by atoms with Gasteiger partial charge in [-0.1, -0.05) is 11.8 Å². The molecule has 0 unspecified atom stereocenters. The van der Waals surface area contributed by atoms with Crippen LogP contribution < -0.4 is 11.1 Å². The fraction of sp³-hybridized carbons (Fsp3) is 0.133. The molecule has 0 aliphatic heterocycles.